The summed E-state index contributed by atoms with van der Waals surface area (Å²) < 4.78 is 3.82. The average molecular weight is 428 g/mol. The van der Waals surface area contributed by atoms with E-state index in [9.17, 15) is 19.2 Å². The minimum atomic E-state index is -1.31. The minimum Gasteiger partial charge on any atom is -0.479 e. The Morgan fingerprint density at radius 3 is 2.79 bits per heavy atom. The number of anilines is 1. The van der Waals surface area contributed by atoms with E-state index in [0.29, 0.717) is 5.75 Å². The molecule has 0 radical (unpaired) electrons. The Hall–Kier alpha value is -3.20. The van der Waals surface area contributed by atoms with Crippen molar-refractivity contribution in [3.63, 3.8) is 0 Å². The summed E-state index contributed by atoms with van der Waals surface area (Å²) >= 11 is 2.06. The van der Waals surface area contributed by atoms with Crippen molar-refractivity contribution in [1.29, 1.82) is 0 Å². The molecular formula is C13H12N6O7S2. The maximum Gasteiger partial charge on any atom is 0.352 e. The smallest absolute Gasteiger partial charge is 0.352 e. The average Bonchev–Trinajstić information content (AvgIpc) is 3.07. The number of nitrogens with two attached hydrogens (primary N) is 1. The quantitative estimate of drug-likeness (QED) is 0.219. The normalized spacial score (nSPS) is 21.3. The Balaban J connectivity index is 1.76. The lowest BCUT2D eigenvalue weighted by Crippen LogP contribution is -2.70. The summed E-state index contributed by atoms with van der Waals surface area (Å²) in [5, 5.41) is 23.1. The molecule has 3 rings (SSSR count). The molecule has 2 aliphatic heterocycles. The van der Waals surface area contributed by atoms with Crippen LogP contribution in [0.2, 0.25) is 0 Å². The van der Waals surface area contributed by atoms with E-state index in [4.69, 9.17) is 15.9 Å². The van der Waals surface area contributed by atoms with E-state index in [-0.39, 0.29) is 16.7 Å². The molecule has 1 unspecified atom stereocenters. The molecule has 1 fully saturated rings. The maximum atomic E-state index is 12.6. The SMILES string of the molecule is Nc1nc(C(=NOCC(=O)O)C(=O)NC2C(=O)N3C(C(=O)O)=CCS[C@H]23)ns1. The highest BCUT2D eigenvalue weighted by Crippen LogP contribution is 2.37. The summed E-state index contributed by atoms with van der Waals surface area (Å²) in [5.41, 5.74) is 4.87. The highest BCUT2D eigenvalue weighted by atomic mass is 32.2. The van der Waals surface area contributed by atoms with Crippen molar-refractivity contribution in [3.8, 4) is 0 Å². The number of aliphatic carboxylic acids is 2. The van der Waals surface area contributed by atoms with Crippen LogP contribution in [0.5, 0.6) is 0 Å². The fraction of sp³-hybridized carbons (Fsp3) is 0.308. The van der Waals surface area contributed by atoms with Crippen LogP contribution in [0.3, 0.4) is 0 Å². The number of β-lactam (4-membered cyclic amide) rings is 1. The summed E-state index contributed by atoms with van der Waals surface area (Å²) in [4.78, 5) is 56.1. The van der Waals surface area contributed by atoms with Gasteiger partial charge < -0.3 is 26.1 Å². The molecule has 5 N–H and O–H groups in total. The predicted octanol–water partition coefficient (Wildman–Crippen LogP) is -1.71. The van der Waals surface area contributed by atoms with Crippen molar-refractivity contribution >= 4 is 57.9 Å². The van der Waals surface area contributed by atoms with E-state index in [1.807, 2.05) is 0 Å². The number of hydrogen-bond acceptors (Lipinski definition) is 11. The number of nitrogens with zero attached hydrogens (tertiary/aromatic N) is 4. The van der Waals surface area contributed by atoms with Crippen LogP contribution in [0.25, 0.3) is 0 Å². The van der Waals surface area contributed by atoms with Gasteiger partial charge in [-0.2, -0.15) is 9.36 Å². The number of oxime groups is 1. The fourth-order valence-corrected chi connectivity index (χ4v) is 4.04. The number of thioether (sulfide) groups is 1. The minimum absolute atomic E-state index is 0.0405. The summed E-state index contributed by atoms with van der Waals surface area (Å²) in [6.45, 7) is -0.808. The number of nitrogens with one attached hydrogen (secondary N) is 1. The lowest BCUT2D eigenvalue weighted by molar-refractivity contribution is -0.150. The Morgan fingerprint density at radius 2 is 2.18 bits per heavy atom. The second-order valence-corrected chi connectivity index (χ2v) is 7.27. The van der Waals surface area contributed by atoms with Gasteiger partial charge in [-0.15, -0.1) is 11.8 Å². The summed E-state index contributed by atoms with van der Waals surface area (Å²) in [5.74, 6) is -3.89. The van der Waals surface area contributed by atoms with Gasteiger partial charge >= 0.3 is 11.9 Å². The molecule has 1 saturated heterocycles. The molecule has 0 aliphatic carbocycles. The lowest BCUT2D eigenvalue weighted by atomic mass is 10.0. The van der Waals surface area contributed by atoms with Gasteiger partial charge in [0.05, 0.1) is 0 Å². The zero-order valence-corrected chi connectivity index (χ0v) is 15.4. The van der Waals surface area contributed by atoms with Crippen LogP contribution in [0.4, 0.5) is 5.13 Å². The number of amides is 2. The Bertz CT molecular complexity index is 913. The van der Waals surface area contributed by atoms with Crippen molar-refractivity contribution in [2.45, 2.75) is 11.4 Å². The van der Waals surface area contributed by atoms with E-state index >= 15 is 0 Å². The second-order valence-electron chi connectivity index (χ2n) is 5.34. The standard InChI is InChI=1S/C13H12N6O7S2/c14-13-16-8(18-28-13)6(17-26-3-5(20)21)9(22)15-7-10(23)19-4(12(24)25)1-2-27-11(7)19/h1,7,11H,2-3H2,(H,15,22)(H,20,21)(H,24,25)(H2,14,16,18)/t7?,11-/m1/s1. The molecule has 1 aromatic heterocycles. The Labute approximate surface area is 164 Å². The molecule has 2 atom stereocenters. The van der Waals surface area contributed by atoms with Gasteiger partial charge in [0.1, 0.15) is 17.1 Å². The van der Waals surface area contributed by atoms with Gasteiger partial charge in [-0.1, -0.05) is 5.16 Å². The third-order valence-corrected chi connectivity index (χ3v) is 5.29. The van der Waals surface area contributed by atoms with Crippen molar-refractivity contribution in [2.75, 3.05) is 18.1 Å². The molecule has 13 nitrogen and oxygen atoms in total. The molecule has 0 aromatic carbocycles. The van der Waals surface area contributed by atoms with Gasteiger partial charge in [-0.25, -0.2) is 9.59 Å². The van der Waals surface area contributed by atoms with Crippen LogP contribution in [0.15, 0.2) is 16.9 Å². The van der Waals surface area contributed by atoms with Gasteiger partial charge in [0.25, 0.3) is 11.8 Å². The third kappa shape index (κ3) is 3.74. The largest absolute Gasteiger partial charge is 0.479 e. The highest BCUT2D eigenvalue weighted by molar-refractivity contribution is 8.00. The first-order valence-electron chi connectivity index (χ1n) is 7.50. The van der Waals surface area contributed by atoms with Gasteiger partial charge in [-0.05, 0) is 6.08 Å². The molecular weight excluding hydrogens is 416 g/mol. The number of fused-ring (bicyclic) bond motifs is 1. The Kier molecular flexibility index (Phi) is 5.46. The van der Waals surface area contributed by atoms with Crippen LogP contribution in [-0.2, 0) is 24.0 Å². The van der Waals surface area contributed by atoms with E-state index in [1.165, 1.54) is 17.8 Å². The number of nitrogen functional groups attached to an aromatic ring is 1. The van der Waals surface area contributed by atoms with E-state index in [1.54, 1.807) is 0 Å². The van der Waals surface area contributed by atoms with Crippen LogP contribution >= 0.6 is 23.3 Å². The maximum absolute atomic E-state index is 12.6. The van der Waals surface area contributed by atoms with E-state index in [0.717, 1.165) is 16.4 Å². The Morgan fingerprint density at radius 1 is 1.43 bits per heavy atom. The predicted molar refractivity (Wildman–Crippen MR) is 95.2 cm³/mol. The van der Waals surface area contributed by atoms with Gasteiger partial charge in [0.2, 0.25) is 18.1 Å². The molecule has 0 saturated carbocycles. The van der Waals surface area contributed by atoms with Crippen LogP contribution in [0, 0.1) is 0 Å². The van der Waals surface area contributed by atoms with Crippen molar-refractivity contribution in [3.05, 3.63) is 17.6 Å². The molecule has 3 heterocycles. The zero-order chi connectivity index (χ0) is 20.4. The van der Waals surface area contributed by atoms with Crippen LogP contribution < -0.4 is 11.1 Å². The number of carboxylic acid groups (broad SMARTS) is 2. The number of rotatable bonds is 7. The zero-order valence-electron chi connectivity index (χ0n) is 13.8. The molecule has 0 spiro atoms. The summed E-state index contributed by atoms with van der Waals surface area (Å²) in [7, 11) is 0. The molecule has 1 aromatic rings. The third-order valence-electron chi connectivity index (χ3n) is 3.56. The van der Waals surface area contributed by atoms with Crippen LogP contribution in [-0.4, -0.2) is 77.7 Å². The molecule has 28 heavy (non-hydrogen) atoms. The van der Waals surface area contributed by atoms with E-state index < -0.39 is 47.5 Å². The lowest BCUT2D eigenvalue weighted by Gasteiger charge is -2.48. The molecule has 15 heteroatoms. The number of carbonyl (C=O) groups is 4. The van der Waals surface area contributed by atoms with Crippen molar-refractivity contribution in [1.82, 2.24) is 19.6 Å². The first-order valence-corrected chi connectivity index (χ1v) is 9.32. The topological polar surface area (TPSA) is 197 Å². The van der Waals surface area contributed by atoms with Crippen molar-refractivity contribution < 1.29 is 34.2 Å². The number of aromatic nitrogens is 2. The molecule has 2 aliphatic rings. The molecule has 0 bridgehead atoms. The summed E-state index contributed by atoms with van der Waals surface area (Å²) in [6, 6.07) is -0.999. The second kappa shape index (κ2) is 7.81. The van der Waals surface area contributed by atoms with Crippen molar-refractivity contribution in [2.24, 2.45) is 5.16 Å². The molecule has 148 valence electrons. The van der Waals surface area contributed by atoms with Gasteiger partial charge in [0, 0.05) is 17.3 Å². The van der Waals surface area contributed by atoms with Gasteiger partial charge in [0.15, 0.2) is 5.13 Å². The first kappa shape index (κ1) is 19.6. The number of hydrogen-bond donors (Lipinski definition) is 4. The first-order chi connectivity index (χ1) is 13.3. The fourth-order valence-electron chi connectivity index (χ4n) is 2.41. The highest BCUT2D eigenvalue weighted by Gasteiger charge is 2.53. The van der Waals surface area contributed by atoms with Gasteiger partial charge in [-0.3, -0.25) is 14.5 Å². The van der Waals surface area contributed by atoms with Crippen LogP contribution in [0.1, 0.15) is 5.82 Å². The monoisotopic (exact) mass is 428 g/mol. The van der Waals surface area contributed by atoms with E-state index in [2.05, 4.69) is 24.7 Å². The summed E-state index contributed by atoms with van der Waals surface area (Å²) in [6.07, 6.45) is 1.41. The number of carbonyl (C=O) groups excluding carboxylic acids is 2. The molecule has 2 amide bonds. The number of carboxylic acids is 2.